The first-order chi connectivity index (χ1) is 5.14. The van der Waals surface area contributed by atoms with E-state index in [2.05, 4.69) is 0 Å². The highest BCUT2D eigenvalue weighted by Crippen LogP contribution is 1.75. The Hall–Kier alpha value is -0.0800. The highest BCUT2D eigenvalue weighted by Gasteiger charge is 1.90. The van der Waals surface area contributed by atoms with Crippen molar-refractivity contribution < 1.29 is 8.31 Å². The quantitative estimate of drug-likeness (QED) is 0.482. The van der Waals surface area contributed by atoms with Gasteiger partial charge in [0.25, 0.3) is 0 Å². The number of nitrogens with zero attached hydrogens (tertiary/aromatic N) is 1. The Morgan fingerprint density at radius 3 is 2.83 bits per heavy atom. The first kappa shape index (κ1) is 1.20. The SMILES string of the molecule is [2H]N([2H])C([2H])(N(C)C)C([2H])([2H])[2H]. The second kappa shape index (κ2) is 2.16. The molecule has 1 unspecified atom stereocenters. The maximum absolute atomic E-state index is 7.40. The third-order valence-electron chi connectivity index (χ3n) is 0.424. The fourth-order valence-corrected chi connectivity index (χ4v) is 0. The fourth-order valence-electron chi connectivity index (χ4n) is 0. The molecule has 0 aromatic carbocycles. The summed E-state index contributed by atoms with van der Waals surface area (Å²) in [6.07, 6.45) is -2.31. The second-order valence-corrected chi connectivity index (χ2v) is 1.22. The van der Waals surface area contributed by atoms with E-state index < -0.39 is 13.0 Å². The summed E-state index contributed by atoms with van der Waals surface area (Å²) in [5, 5.41) is 0. The van der Waals surface area contributed by atoms with Crippen LogP contribution in [0.3, 0.4) is 0 Å². The molecule has 0 amide bonds. The average molecular weight is 94.2 g/mol. The standard InChI is InChI=1S/C4H12N2/c1-4(5)6(2)3/h4H,5H2,1-3H3/i1D3,4D/hD2. The van der Waals surface area contributed by atoms with Crippen LogP contribution in [0.25, 0.3) is 0 Å². The van der Waals surface area contributed by atoms with Crippen LogP contribution >= 0.6 is 0 Å². The van der Waals surface area contributed by atoms with E-state index in [0.717, 1.165) is 4.90 Å². The van der Waals surface area contributed by atoms with Crippen LogP contribution < -0.4 is 5.72 Å². The zero-order valence-corrected chi connectivity index (χ0v) is 3.89. The number of hydrogen-bond donors (Lipinski definition) is 1. The third kappa shape index (κ3) is 2.18. The van der Waals surface area contributed by atoms with Gasteiger partial charge in [-0.15, -0.1) is 0 Å². The minimum absolute atomic E-state index is 0.125. The molecule has 0 rings (SSSR count). The van der Waals surface area contributed by atoms with E-state index in [1.54, 1.807) is 0 Å². The summed E-state index contributed by atoms with van der Waals surface area (Å²) in [5.74, 6) is 0. The second-order valence-electron chi connectivity index (χ2n) is 1.22. The molecule has 0 bridgehead atoms. The van der Waals surface area contributed by atoms with Crippen LogP contribution in [0.4, 0.5) is 0 Å². The van der Waals surface area contributed by atoms with Crippen LogP contribution in [0.1, 0.15) is 12.3 Å². The van der Waals surface area contributed by atoms with Gasteiger partial charge in [-0.1, -0.05) is 0 Å². The first-order valence-electron chi connectivity index (χ1n) is 4.49. The van der Waals surface area contributed by atoms with Crippen molar-refractivity contribution in [2.75, 3.05) is 14.1 Å². The highest BCUT2D eigenvalue weighted by atomic mass is 15.2. The van der Waals surface area contributed by atoms with E-state index in [4.69, 9.17) is 8.31 Å². The molecule has 0 aliphatic rings. The van der Waals surface area contributed by atoms with Crippen LogP contribution in [0.2, 0.25) is 2.82 Å². The van der Waals surface area contributed by atoms with Crippen LogP contribution in [0, 0.1) is 0 Å². The van der Waals surface area contributed by atoms with Crippen molar-refractivity contribution in [1.82, 2.24) is 4.90 Å². The highest BCUT2D eigenvalue weighted by molar-refractivity contribution is 4.43. The molecule has 0 aliphatic heterocycles. The van der Waals surface area contributed by atoms with Gasteiger partial charge < -0.3 is 5.72 Å². The molecule has 2 nitrogen and oxygen atoms in total. The van der Waals surface area contributed by atoms with Crippen molar-refractivity contribution in [2.24, 2.45) is 5.72 Å². The molecule has 0 aromatic rings. The molecule has 0 heterocycles. The summed E-state index contributed by atoms with van der Waals surface area (Å²) < 4.78 is 42.0. The molecule has 1 atom stereocenters. The lowest BCUT2D eigenvalue weighted by Gasteiger charge is -2.12. The predicted molar refractivity (Wildman–Crippen MR) is 27.3 cm³/mol. The maximum Gasteiger partial charge on any atom is 0.120 e. The summed E-state index contributed by atoms with van der Waals surface area (Å²) in [6.45, 7) is -2.71. The molecule has 2 N–H and O–H groups in total. The van der Waals surface area contributed by atoms with E-state index in [1.165, 1.54) is 14.1 Å². The molecule has 0 saturated heterocycles. The van der Waals surface area contributed by atoms with E-state index in [0.29, 0.717) is 0 Å². The Kier molecular flexibility index (Phi) is 0.432. The lowest BCUT2D eigenvalue weighted by molar-refractivity contribution is 0.322. The molecule has 0 spiro atoms. The molecule has 0 aliphatic carbocycles. The maximum atomic E-state index is 7.40. The molecule has 6 heavy (non-hydrogen) atoms. The average Bonchev–Trinajstić information content (AvgIpc) is 1.82. The molecule has 0 radical (unpaired) electrons. The monoisotopic (exact) mass is 94.1 g/mol. The van der Waals surface area contributed by atoms with Crippen molar-refractivity contribution in [3.05, 3.63) is 0 Å². The minimum Gasteiger partial charge on any atom is -0.316 e. The van der Waals surface area contributed by atoms with Crippen molar-refractivity contribution in [3.8, 4) is 0 Å². The molecular formula is C4H12N2. The summed E-state index contributed by atoms with van der Waals surface area (Å²) in [6, 6.07) is 0. The van der Waals surface area contributed by atoms with Crippen LogP contribution in [-0.4, -0.2) is 25.1 Å². The zero-order valence-electron chi connectivity index (χ0n) is 9.89. The van der Waals surface area contributed by atoms with Gasteiger partial charge >= 0.3 is 0 Å². The first-order valence-corrected chi connectivity index (χ1v) is 1.59. The van der Waals surface area contributed by atoms with Crippen LogP contribution in [0.5, 0.6) is 0 Å². The van der Waals surface area contributed by atoms with Gasteiger partial charge in [0.15, 0.2) is 0 Å². The number of rotatable bonds is 2. The molecular weight excluding hydrogens is 76.1 g/mol. The van der Waals surface area contributed by atoms with E-state index in [1.807, 2.05) is 0 Å². The lowest BCUT2D eigenvalue weighted by Crippen LogP contribution is -2.32. The zero-order chi connectivity index (χ0) is 10.2. The predicted octanol–water partition coefficient (Wildman–Crippen LogP) is -0.147. The molecule has 2 heteroatoms. The molecule has 0 aromatic heterocycles. The smallest absolute Gasteiger partial charge is 0.120 e. The summed E-state index contributed by atoms with van der Waals surface area (Å²) in [4.78, 5) is 1.00. The fraction of sp³-hybridized carbons (Fsp3) is 1.00. The normalized spacial score (nSPS) is 38.0. The third-order valence-corrected chi connectivity index (χ3v) is 0.424. The molecule has 0 saturated carbocycles. The van der Waals surface area contributed by atoms with Gasteiger partial charge in [-0.25, -0.2) is 0 Å². The van der Waals surface area contributed by atoms with E-state index in [-0.39, 0.29) is 5.72 Å². The topological polar surface area (TPSA) is 29.3 Å². The Balaban J connectivity index is 4.89. The Morgan fingerprint density at radius 1 is 2.17 bits per heavy atom. The van der Waals surface area contributed by atoms with E-state index >= 15 is 0 Å². The van der Waals surface area contributed by atoms with Gasteiger partial charge in [-0.3, -0.25) is 4.90 Å². The minimum atomic E-state index is -2.71. The number of hydrogen-bond acceptors (Lipinski definition) is 2. The van der Waals surface area contributed by atoms with Crippen LogP contribution in [0.15, 0.2) is 0 Å². The molecule has 38 valence electrons. The van der Waals surface area contributed by atoms with Gasteiger partial charge in [0.2, 0.25) is 0 Å². The van der Waals surface area contributed by atoms with Gasteiger partial charge in [0.1, 0.15) is 2.82 Å². The van der Waals surface area contributed by atoms with Gasteiger partial charge in [0.05, 0.1) is 7.51 Å². The van der Waals surface area contributed by atoms with Crippen molar-refractivity contribution in [3.63, 3.8) is 0 Å². The Labute approximate surface area is 47.5 Å². The van der Waals surface area contributed by atoms with Crippen molar-refractivity contribution in [1.29, 1.82) is 0 Å². The van der Waals surface area contributed by atoms with Crippen molar-refractivity contribution >= 4 is 0 Å². The summed E-state index contributed by atoms with van der Waals surface area (Å²) >= 11 is 0. The van der Waals surface area contributed by atoms with E-state index in [9.17, 15) is 0 Å². The van der Waals surface area contributed by atoms with Crippen molar-refractivity contribution in [2.45, 2.75) is 13.0 Å². The lowest BCUT2D eigenvalue weighted by atomic mass is 10.6. The van der Waals surface area contributed by atoms with Gasteiger partial charge in [-0.2, -0.15) is 0 Å². The van der Waals surface area contributed by atoms with Gasteiger partial charge in [0, 0.05) is 4.11 Å². The Bertz CT molecular complexity index is 144. The van der Waals surface area contributed by atoms with Gasteiger partial charge in [-0.05, 0) is 20.9 Å². The Morgan fingerprint density at radius 2 is 2.83 bits per heavy atom. The number of nitrogens with two attached hydrogens (primary N) is 1. The molecule has 0 fully saturated rings. The largest absolute Gasteiger partial charge is 0.316 e. The summed E-state index contributed by atoms with van der Waals surface area (Å²) in [5.41, 5.74) is -0.125. The van der Waals surface area contributed by atoms with Crippen LogP contribution in [-0.2, 0) is 0 Å². The summed E-state index contributed by atoms with van der Waals surface area (Å²) in [7, 11) is 2.69.